The lowest BCUT2D eigenvalue weighted by atomic mass is 10.0. The highest BCUT2D eigenvalue weighted by Crippen LogP contribution is 2.45. The Labute approximate surface area is 118 Å². The smallest absolute Gasteiger partial charge is 0.125 e. The Balaban J connectivity index is 2.82. The molecule has 0 radical (unpaired) electrons. The summed E-state index contributed by atoms with van der Waals surface area (Å²) in [7, 11) is 0. The van der Waals surface area contributed by atoms with Crippen LogP contribution in [0.1, 0.15) is 0 Å². The fourth-order valence-corrected chi connectivity index (χ4v) is 2.50. The first-order valence-electron chi connectivity index (χ1n) is 4.63. The number of phenols is 1. The highest BCUT2D eigenvalue weighted by molar-refractivity contribution is 6.47. The van der Waals surface area contributed by atoms with Gasteiger partial charge in [0.2, 0.25) is 0 Å². The number of aromatic hydroxyl groups is 1. The lowest BCUT2D eigenvalue weighted by Gasteiger charge is -2.11. The summed E-state index contributed by atoms with van der Waals surface area (Å²) in [6.07, 6.45) is 0. The summed E-state index contributed by atoms with van der Waals surface area (Å²) in [6, 6.07) is 7.98. The van der Waals surface area contributed by atoms with Gasteiger partial charge in [-0.2, -0.15) is 0 Å². The van der Waals surface area contributed by atoms with Gasteiger partial charge in [0.15, 0.2) is 0 Å². The minimum atomic E-state index is 0.00330. The summed E-state index contributed by atoms with van der Waals surface area (Å²) < 4.78 is 0. The number of rotatable bonds is 1. The third kappa shape index (κ3) is 2.34. The fraction of sp³-hybridized carbons (Fsp3) is 0. The fourth-order valence-electron chi connectivity index (χ4n) is 1.52. The van der Waals surface area contributed by atoms with E-state index in [-0.39, 0.29) is 10.8 Å². The Morgan fingerprint density at radius 1 is 0.706 bits per heavy atom. The van der Waals surface area contributed by atoms with Crippen molar-refractivity contribution in [1.29, 1.82) is 0 Å². The number of benzene rings is 2. The number of hydrogen-bond acceptors (Lipinski definition) is 1. The lowest BCUT2D eigenvalue weighted by Crippen LogP contribution is -1.85. The average Bonchev–Trinajstić information content (AvgIpc) is 2.28. The Hall–Kier alpha value is -0.600. The summed E-state index contributed by atoms with van der Waals surface area (Å²) in [5.41, 5.74) is 0.815. The standard InChI is InChI=1S/C12H6Cl4O/c13-6-2-1-3-9(17)10(6)11-7(14)4-5-8(15)12(11)16/h1-5,17H. The molecule has 0 unspecified atom stereocenters. The Morgan fingerprint density at radius 3 is 1.94 bits per heavy atom. The van der Waals surface area contributed by atoms with E-state index in [4.69, 9.17) is 46.4 Å². The van der Waals surface area contributed by atoms with E-state index in [9.17, 15) is 5.11 Å². The van der Waals surface area contributed by atoms with Gasteiger partial charge in [0, 0.05) is 11.1 Å². The van der Waals surface area contributed by atoms with E-state index in [1.165, 1.54) is 6.07 Å². The molecule has 0 fully saturated rings. The van der Waals surface area contributed by atoms with Crippen LogP contribution >= 0.6 is 46.4 Å². The molecule has 2 rings (SSSR count). The van der Waals surface area contributed by atoms with Gasteiger partial charge >= 0.3 is 0 Å². The molecule has 0 aliphatic heterocycles. The van der Waals surface area contributed by atoms with Crippen molar-refractivity contribution < 1.29 is 5.11 Å². The number of phenolic OH excluding ortho intramolecular Hbond substituents is 1. The van der Waals surface area contributed by atoms with E-state index >= 15 is 0 Å². The molecule has 0 saturated carbocycles. The first-order chi connectivity index (χ1) is 8.02. The van der Waals surface area contributed by atoms with E-state index < -0.39 is 0 Å². The van der Waals surface area contributed by atoms with Crippen molar-refractivity contribution in [2.24, 2.45) is 0 Å². The van der Waals surface area contributed by atoms with Crippen molar-refractivity contribution >= 4 is 46.4 Å². The van der Waals surface area contributed by atoms with Crippen LogP contribution < -0.4 is 0 Å². The Bertz CT molecular complexity index is 561. The third-order valence-electron chi connectivity index (χ3n) is 2.29. The maximum absolute atomic E-state index is 9.84. The van der Waals surface area contributed by atoms with Crippen molar-refractivity contribution in [3.8, 4) is 16.9 Å². The molecule has 2 aromatic carbocycles. The van der Waals surface area contributed by atoms with Gasteiger partial charge in [0.1, 0.15) is 5.75 Å². The second kappa shape index (κ2) is 4.95. The second-order valence-corrected chi connectivity index (χ2v) is 4.95. The van der Waals surface area contributed by atoms with Crippen LogP contribution in [0.3, 0.4) is 0 Å². The molecule has 1 nitrogen and oxygen atoms in total. The van der Waals surface area contributed by atoms with Gasteiger partial charge in [-0.3, -0.25) is 0 Å². The number of hydrogen-bond donors (Lipinski definition) is 1. The summed E-state index contributed by atoms with van der Waals surface area (Å²) in [6.45, 7) is 0. The molecule has 17 heavy (non-hydrogen) atoms. The van der Waals surface area contributed by atoms with Crippen molar-refractivity contribution in [3.63, 3.8) is 0 Å². The molecule has 0 aliphatic rings. The molecule has 0 aliphatic carbocycles. The topological polar surface area (TPSA) is 20.2 Å². The summed E-state index contributed by atoms with van der Waals surface area (Å²) in [4.78, 5) is 0. The van der Waals surface area contributed by atoms with Gasteiger partial charge in [0.05, 0.1) is 20.1 Å². The first kappa shape index (κ1) is 12.8. The second-order valence-electron chi connectivity index (χ2n) is 3.35. The van der Waals surface area contributed by atoms with Crippen LogP contribution in [0, 0.1) is 0 Å². The minimum Gasteiger partial charge on any atom is -0.507 e. The normalized spacial score (nSPS) is 10.6. The molecule has 1 N–H and O–H groups in total. The van der Waals surface area contributed by atoms with Gasteiger partial charge in [-0.1, -0.05) is 52.5 Å². The van der Waals surface area contributed by atoms with Crippen LogP contribution in [0.4, 0.5) is 0 Å². The Kier molecular flexibility index (Phi) is 3.74. The molecular formula is C12H6Cl4O. The molecular weight excluding hydrogens is 302 g/mol. The van der Waals surface area contributed by atoms with Crippen LogP contribution in [0.5, 0.6) is 5.75 Å². The summed E-state index contributed by atoms with van der Waals surface area (Å²) in [5, 5.41) is 11.2. The molecule has 0 aromatic heterocycles. The van der Waals surface area contributed by atoms with E-state index in [1.54, 1.807) is 24.3 Å². The zero-order chi connectivity index (χ0) is 12.6. The molecule has 0 spiro atoms. The maximum Gasteiger partial charge on any atom is 0.125 e. The van der Waals surface area contributed by atoms with Crippen LogP contribution in [0.2, 0.25) is 20.1 Å². The van der Waals surface area contributed by atoms with Crippen molar-refractivity contribution in [2.45, 2.75) is 0 Å². The molecule has 0 heterocycles. The summed E-state index contributed by atoms with van der Waals surface area (Å²) >= 11 is 24.1. The predicted octanol–water partition coefficient (Wildman–Crippen LogP) is 5.67. The monoisotopic (exact) mass is 306 g/mol. The van der Waals surface area contributed by atoms with Crippen LogP contribution in [-0.2, 0) is 0 Å². The number of halogens is 4. The van der Waals surface area contributed by atoms with Crippen LogP contribution in [-0.4, -0.2) is 5.11 Å². The third-order valence-corrected chi connectivity index (χ3v) is 3.72. The van der Waals surface area contributed by atoms with Crippen molar-refractivity contribution in [2.75, 3.05) is 0 Å². The van der Waals surface area contributed by atoms with E-state index in [0.717, 1.165) is 0 Å². The zero-order valence-electron chi connectivity index (χ0n) is 8.35. The largest absolute Gasteiger partial charge is 0.507 e. The van der Waals surface area contributed by atoms with E-state index in [1.807, 2.05) is 0 Å². The van der Waals surface area contributed by atoms with Gasteiger partial charge in [0.25, 0.3) is 0 Å². The minimum absolute atomic E-state index is 0.00330. The Morgan fingerprint density at radius 2 is 1.29 bits per heavy atom. The lowest BCUT2D eigenvalue weighted by molar-refractivity contribution is 0.477. The highest BCUT2D eigenvalue weighted by atomic mass is 35.5. The molecule has 0 saturated heterocycles. The van der Waals surface area contributed by atoms with Crippen LogP contribution in [0.25, 0.3) is 11.1 Å². The molecule has 0 atom stereocenters. The zero-order valence-corrected chi connectivity index (χ0v) is 11.4. The molecule has 2 aromatic rings. The average molecular weight is 308 g/mol. The van der Waals surface area contributed by atoms with Crippen molar-refractivity contribution in [3.05, 3.63) is 50.4 Å². The molecule has 0 bridgehead atoms. The van der Waals surface area contributed by atoms with Crippen molar-refractivity contribution in [1.82, 2.24) is 0 Å². The van der Waals surface area contributed by atoms with Crippen LogP contribution in [0.15, 0.2) is 30.3 Å². The van der Waals surface area contributed by atoms with Gasteiger partial charge in [-0.25, -0.2) is 0 Å². The van der Waals surface area contributed by atoms with Gasteiger partial charge < -0.3 is 5.11 Å². The van der Waals surface area contributed by atoms with E-state index in [0.29, 0.717) is 26.2 Å². The molecule has 88 valence electrons. The highest BCUT2D eigenvalue weighted by Gasteiger charge is 2.17. The summed E-state index contributed by atoms with van der Waals surface area (Å²) in [5.74, 6) is 0.00330. The van der Waals surface area contributed by atoms with E-state index in [2.05, 4.69) is 0 Å². The predicted molar refractivity (Wildman–Crippen MR) is 73.6 cm³/mol. The molecule has 5 heteroatoms. The van der Waals surface area contributed by atoms with Gasteiger partial charge in [-0.05, 0) is 24.3 Å². The van der Waals surface area contributed by atoms with Gasteiger partial charge in [-0.15, -0.1) is 0 Å². The SMILES string of the molecule is Oc1cccc(Cl)c1-c1c(Cl)ccc(Cl)c1Cl. The quantitative estimate of drug-likeness (QED) is 0.673. The molecule has 0 amide bonds. The maximum atomic E-state index is 9.84. The first-order valence-corrected chi connectivity index (χ1v) is 6.15.